The molecule has 0 aliphatic heterocycles. The van der Waals surface area contributed by atoms with Crippen LogP contribution in [-0.2, 0) is 16.0 Å². The number of carbonyl (C=O) groups excluding carboxylic acids is 1. The summed E-state index contributed by atoms with van der Waals surface area (Å²) in [4.78, 5) is 17.1. The fourth-order valence-corrected chi connectivity index (χ4v) is 3.92. The molecule has 7 heteroatoms. The number of aliphatic imine (C=N–C) groups is 1. The van der Waals surface area contributed by atoms with Crippen LogP contribution in [0.5, 0.6) is 0 Å². The smallest absolute Gasteiger partial charge is 0.191 e. The standard InChI is InChI=1S/C22H46N4O2S/c1-3-4-5-6-9-13-18-26(19-14-10-7-8-11-16-21-27)20-15-12-17-22(24-2)25-29(23)28/h21H,3-20,23H2,1-2H3,(H,24,25). The maximum atomic E-state index is 11.1. The number of hydrogen-bond acceptors (Lipinski definition) is 4. The molecule has 0 amide bonds. The van der Waals surface area contributed by atoms with Crippen molar-refractivity contribution in [2.24, 2.45) is 10.1 Å². The minimum absolute atomic E-state index is 0.708. The Morgan fingerprint density at radius 1 is 0.897 bits per heavy atom. The number of hydrogen-bond donors (Lipinski definition) is 2. The minimum Gasteiger partial charge on any atom is -0.303 e. The lowest BCUT2D eigenvalue weighted by Gasteiger charge is -2.22. The molecule has 0 aromatic rings. The van der Waals surface area contributed by atoms with E-state index in [0.717, 1.165) is 44.3 Å². The van der Waals surface area contributed by atoms with Gasteiger partial charge in [0.1, 0.15) is 12.1 Å². The maximum absolute atomic E-state index is 11.1. The van der Waals surface area contributed by atoms with Gasteiger partial charge in [0, 0.05) is 19.9 Å². The van der Waals surface area contributed by atoms with Crippen LogP contribution in [0.3, 0.4) is 0 Å². The van der Waals surface area contributed by atoms with Crippen molar-refractivity contribution in [3.63, 3.8) is 0 Å². The van der Waals surface area contributed by atoms with Gasteiger partial charge in [-0.3, -0.25) is 9.71 Å². The second-order valence-electron chi connectivity index (χ2n) is 7.86. The van der Waals surface area contributed by atoms with Crippen LogP contribution in [0.1, 0.15) is 103 Å². The molecule has 0 aliphatic carbocycles. The molecule has 0 aromatic carbocycles. The Kier molecular flexibility index (Phi) is 21.3. The number of carbonyl (C=O) groups is 1. The number of nitrogens with zero attached hydrogens (tertiary/aromatic N) is 2. The molecule has 0 aliphatic rings. The van der Waals surface area contributed by atoms with Crippen LogP contribution in [0.25, 0.3) is 0 Å². The SMILES string of the molecule is CCCCCCCCN(CCCCCCCC=O)CCCCC(=NC)NS(N)=O. The summed E-state index contributed by atoms with van der Waals surface area (Å²) in [6, 6.07) is 0. The second-order valence-corrected chi connectivity index (χ2v) is 8.66. The molecule has 0 radical (unpaired) electrons. The first kappa shape index (κ1) is 28.2. The van der Waals surface area contributed by atoms with Gasteiger partial charge in [-0.05, 0) is 51.7 Å². The maximum Gasteiger partial charge on any atom is 0.191 e. The van der Waals surface area contributed by atoms with E-state index in [1.807, 2.05) is 0 Å². The summed E-state index contributed by atoms with van der Waals surface area (Å²) in [6.45, 7) is 5.73. The molecule has 0 heterocycles. The lowest BCUT2D eigenvalue weighted by atomic mass is 10.1. The number of nitrogens with two attached hydrogens (primary N) is 1. The highest BCUT2D eigenvalue weighted by molar-refractivity contribution is 7.81. The van der Waals surface area contributed by atoms with Gasteiger partial charge in [0.2, 0.25) is 0 Å². The normalized spacial score (nSPS) is 13.0. The zero-order valence-electron chi connectivity index (χ0n) is 19.0. The van der Waals surface area contributed by atoms with Gasteiger partial charge in [0.25, 0.3) is 0 Å². The lowest BCUT2D eigenvalue weighted by molar-refractivity contribution is -0.107. The molecule has 1 atom stereocenters. The molecule has 0 spiro atoms. The zero-order valence-corrected chi connectivity index (χ0v) is 19.8. The van der Waals surface area contributed by atoms with E-state index in [2.05, 4.69) is 21.5 Å². The molecule has 29 heavy (non-hydrogen) atoms. The van der Waals surface area contributed by atoms with Gasteiger partial charge in [-0.2, -0.15) is 0 Å². The van der Waals surface area contributed by atoms with Gasteiger partial charge < -0.3 is 9.69 Å². The van der Waals surface area contributed by atoms with Crippen LogP contribution >= 0.6 is 0 Å². The summed E-state index contributed by atoms with van der Waals surface area (Å²) in [5, 5.41) is 5.28. The van der Waals surface area contributed by atoms with Crippen molar-refractivity contribution in [1.29, 1.82) is 0 Å². The largest absolute Gasteiger partial charge is 0.303 e. The van der Waals surface area contributed by atoms with E-state index in [0.29, 0.717) is 6.42 Å². The van der Waals surface area contributed by atoms with Gasteiger partial charge in [-0.25, -0.2) is 9.35 Å². The zero-order chi connectivity index (χ0) is 21.6. The summed E-state index contributed by atoms with van der Waals surface area (Å²) < 4.78 is 13.8. The Labute approximate surface area is 182 Å². The Bertz CT molecular complexity index is 433. The predicted molar refractivity (Wildman–Crippen MR) is 126 cm³/mol. The van der Waals surface area contributed by atoms with Gasteiger partial charge in [0.05, 0.1) is 0 Å². The van der Waals surface area contributed by atoms with E-state index in [1.165, 1.54) is 77.3 Å². The Morgan fingerprint density at radius 2 is 1.41 bits per heavy atom. The first-order valence-corrected chi connectivity index (χ1v) is 12.9. The Hall–Kier alpha value is -0.790. The van der Waals surface area contributed by atoms with Crippen molar-refractivity contribution >= 4 is 23.3 Å². The van der Waals surface area contributed by atoms with E-state index in [-0.39, 0.29) is 0 Å². The summed E-state index contributed by atoms with van der Waals surface area (Å²) in [5.41, 5.74) is 0. The van der Waals surface area contributed by atoms with Crippen molar-refractivity contribution < 1.29 is 9.00 Å². The molecule has 3 N–H and O–H groups in total. The van der Waals surface area contributed by atoms with E-state index in [1.54, 1.807) is 7.05 Å². The number of aldehydes is 1. The van der Waals surface area contributed by atoms with Crippen LogP contribution in [-0.4, -0.2) is 47.9 Å². The van der Waals surface area contributed by atoms with E-state index in [9.17, 15) is 9.00 Å². The van der Waals surface area contributed by atoms with Gasteiger partial charge in [-0.1, -0.05) is 58.3 Å². The molecule has 0 bridgehead atoms. The number of unbranched alkanes of at least 4 members (excludes halogenated alkanes) is 11. The van der Waals surface area contributed by atoms with Crippen molar-refractivity contribution in [3.05, 3.63) is 0 Å². The van der Waals surface area contributed by atoms with Crippen LogP contribution in [0.2, 0.25) is 0 Å². The summed E-state index contributed by atoms with van der Waals surface area (Å²) in [5.74, 6) is 0.726. The molecule has 0 aromatic heterocycles. The predicted octanol–water partition coefficient (Wildman–Crippen LogP) is 4.51. The third kappa shape index (κ3) is 20.3. The first-order valence-electron chi connectivity index (χ1n) is 11.7. The number of nitrogens with one attached hydrogen (secondary N) is 1. The minimum atomic E-state index is -1.54. The molecule has 0 saturated heterocycles. The first-order chi connectivity index (χ1) is 14.1. The number of rotatable bonds is 21. The molecule has 172 valence electrons. The van der Waals surface area contributed by atoms with Crippen LogP contribution in [0.15, 0.2) is 4.99 Å². The van der Waals surface area contributed by atoms with Crippen molar-refractivity contribution in [1.82, 2.24) is 9.62 Å². The van der Waals surface area contributed by atoms with Crippen molar-refractivity contribution in [2.45, 2.75) is 103 Å². The summed E-state index contributed by atoms with van der Waals surface area (Å²) in [7, 11) is 1.70. The van der Waals surface area contributed by atoms with E-state index in [4.69, 9.17) is 5.14 Å². The fourth-order valence-electron chi connectivity index (χ4n) is 3.50. The Balaban J connectivity index is 4.08. The topological polar surface area (TPSA) is 87.8 Å². The highest BCUT2D eigenvalue weighted by Crippen LogP contribution is 2.10. The second kappa shape index (κ2) is 21.9. The quantitative estimate of drug-likeness (QED) is 0.121. The van der Waals surface area contributed by atoms with Gasteiger partial charge in [-0.15, -0.1) is 0 Å². The molecule has 0 saturated carbocycles. The highest BCUT2D eigenvalue weighted by Gasteiger charge is 2.06. The Morgan fingerprint density at radius 3 is 1.93 bits per heavy atom. The van der Waals surface area contributed by atoms with Gasteiger partial charge >= 0.3 is 0 Å². The highest BCUT2D eigenvalue weighted by atomic mass is 32.2. The lowest BCUT2D eigenvalue weighted by Crippen LogP contribution is -2.31. The van der Waals surface area contributed by atoms with E-state index >= 15 is 0 Å². The molecular formula is C22H46N4O2S. The molecule has 0 fully saturated rings. The van der Waals surface area contributed by atoms with Gasteiger partial charge in [0.15, 0.2) is 11.2 Å². The molecule has 1 unspecified atom stereocenters. The fraction of sp³-hybridized carbons (Fsp3) is 0.909. The molecule has 6 nitrogen and oxygen atoms in total. The van der Waals surface area contributed by atoms with Crippen LogP contribution in [0.4, 0.5) is 0 Å². The van der Waals surface area contributed by atoms with Crippen LogP contribution < -0.4 is 9.86 Å². The average molecular weight is 431 g/mol. The monoisotopic (exact) mass is 430 g/mol. The summed E-state index contributed by atoms with van der Waals surface area (Å²) in [6.07, 6.45) is 18.6. The summed E-state index contributed by atoms with van der Waals surface area (Å²) >= 11 is -1.54. The van der Waals surface area contributed by atoms with Crippen molar-refractivity contribution in [2.75, 3.05) is 26.7 Å². The average Bonchev–Trinajstić information content (AvgIpc) is 2.71. The van der Waals surface area contributed by atoms with Crippen LogP contribution in [0, 0.1) is 0 Å². The third-order valence-electron chi connectivity index (χ3n) is 5.25. The molecule has 0 rings (SSSR count). The number of amidine groups is 1. The molecular weight excluding hydrogens is 384 g/mol. The third-order valence-corrected chi connectivity index (χ3v) is 5.69. The van der Waals surface area contributed by atoms with Crippen molar-refractivity contribution in [3.8, 4) is 0 Å². The van der Waals surface area contributed by atoms with E-state index < -0.39 is 11.2 Å².